The number of rotatable bonds is 5. The molecule has 0 fully saturated rings. The van der Waals surface area contributed by atoms with Crippen molar-refractivity contribution in [2.45, 2.75) is 39.2 Å². The summed E-state index contributed by atoms with van der Waals surface area (Å²) in [7, 11) is 1.31. The first-order valence-corrected chi connectivity index (χ1v) is 4.46. The molecule has 0 radical (unpaired) electrons. The standard InChI is InChI=1S/C9H17NO3/c1-4-7(2)10-8(11)5-6-9(12)13-3/h7H,4-6H2,1-3H3,(H,10,11). The van der Waals surface area contributed by atoms with Crippen molar-refractivity contribution in [2.24, 2.45) is 0 Å². The van der Waals surface area contributed by atoms with Gasteiger partial charge in [-0.15, -0.1) is 0 Å². The molecule has 4 nitrogen and oxygen atoms in total. The van der Waals surface area contributed by atoms with E-state index in [0.29, 0.717) is 0 Å². The summed E-state index contributed by atoms with van der Waals surface area (Å²) >= 11 is 0. The van der Waals surface area contributed by atoms with Gasteiger partial charge in [0.25, 0.3) is 0 Å². The minimum atomic E-state index is -0.348. The van der Waals surface area contributed by atoms with Crippen LogP contribution in [0.1, 0.15) is 33.1 Å². The number of hydrogen-bond acceptors (Lipinski definition) is 3. The fourth-order valence-corrected chi connectivity index (χ4v) is 0.767. The number of carbonyl (C=O) groups excluding carboxylic acids is 2. The van der Waals surface area contributed by atoms with Crippen molar-refractivity contribution in [1.29, 1.82) is 0 Å². The van der Waals surface area contributed by atoms with E-state index < -0.39 is 0 Å². The molecular formula is C9H17NO3. The van der Waals surface area contributed by atoms with Gasteiger partial charge in [-0.1, -0.05) is 6.92 Å². The van der Waals surface area contributed by atoms with Gasteiger partial charge in [0.1, 0.15) is 0 Å². The Hall–Kier alpha value is -1.06. The molecule has 0 saturated heterocycles. The lowest BCUT2D eigenvalue weighted by atomic mass is 10.2. The molecule has 76 valence electrons. The van der Waals surface area contributed by atoms with Gasteiger partial charge in [-0.05, 0) is 13.3 Å². The van der Waals surface area contributed by atoms with Crippen LogP contribution in [0.5, 0.6) is 0 Å². The first-order chi connectivity index (χ1) is 6.10. The first kappa shape index (κ1) is 11.9. The van der Waals surface area contributed by atoms with Crippen molar-refractivity contribution < 1.29 is 14.3 Å². The topological polar surface area (TPSA) is 55.4 Å². The van der Waals surface area contributed by atoms with Crippen LogP contribution in [0.15, 0.2) is 0 Å². The summed E-state index contributed by atoms with van der Waals surface area (Å²) in [6, 6.07) is 0.171. The lowest BCUT2D eigenvalue weighted by molar-refractivity contribution is -0.142. The first-order valence-electron chi connectivity index (χ1n) is 4.46. The van der Waals surface area contributed by atoms with Crippen molar-refractivity contribution in [3.05, 3.63) is 0 Å². The maximum absolute atomic E-state index is 11.1. The molecular weight excluding hydrogens is 170 g/mol. The molecule has 0 aliphatic carbocycles. The van der Waals surface area contributed by atoms with E-state index in [0.717, 1.165) is 6.42 Å². The van der Waals surface area contributed by atoms with Crippen LogP contribution in [0.25, 0.3) is 0 Å². The molecule has 13 heavy (non-hydrogen) atoms. The fraction of sp³-hybridized carbons (Fsp3) is 0.778. The van der Waals surface area contributed by atoms with Gasteiger partial charge in [-0.3, -0.25) is 9.59 Å². The van der Waals surface area contributed by atoms with Gasteiger partial charge in [0.05, 0.1) is 13.5 Å². The summed E-state index contributed by atoms with van der Waals surface area (Å²) in [6.45, 7) is 3.92. The Balaban J connectivity index is 3.57. The maximum Gasteiger partial charge on any atom is 0.306 e. The second kappa shape index (κ2) is 6.46. The molecule has 0 heterocycles. The summed E-state index contributed by atoms with van der Waals surface area (Å²) in [5.41, 5.74) is 0. The molecule has 1 N–H and O–H groups in total. The van der Waals surface area contributed by atoms with Gasteiger partial charge in [-0.2, -0.15) is 0 Å². The molecule has 0 spiro atoms. The van der Waals surface area contributed by atoms with Gasteiger partial charge in [0, 0.05) is 12.5 Å². The van der Waals surface area contributed by atoms with Crippen molar-refractivity contribution in [3.63, 3.8) is 0 Å². The normalized spacial score (nSPS) is 11.9. The minimum Gasteiger partial charge on any atom is -0.469 e. The number of hydrogen-bond donors (Lipinski definition) is 1. The van der Waals surface area contributed by atoms with Crippen LogP contribution >= 0.6 is 0 Å². The summed E-state index contributed by atoms with van der Waals surface area (Å²) < 4.78 is 4.41. The Labute approximate surface area is 78.6 Å². The zero-order valence-corrected chi connectivity index (χ0v) is 8.42. The third-order valence-corrected chi connectivity index (χ3v) is 1.80. The van der Waals surface area contributed by atoms with E-state index in [-0.39, 0.29) is 30.8 Å². The van der Waals surface area contributed by atoms with Gasteiger partial charge < -0.3 is 10.1 Å². The van der Waals surface area contributed by atoms with Crippen LogP contribution in [0.3, 0.4) is 0 Å². The molecule has 0 aromatic carbocycles. The molecule has 0 rings (SSSR count). The van der Waals surface area contributed by atoms with E-state index >= 15 is 0 Å². The number of methoxy groups -OCH3 is 1. The van der Waals surface area contributed by atoms with E-state index in [1.165, 1.54) is 7.11 Å². The summed E-state index contributed by atoms with van der Waals surface area (Å²) in [5, 5.41) is 2.76. The Kier molecular flexibility index (Phi) is 5.93. The Morgan fingerprint density at radius 1 is 1.38 bits per heavy atom. The van der Waals surface area contributed by atoms with Gasteiger partial charge in [0.15, 0.2) is 0 Å². The van der Waals surface area contributed by atoms with Crippen LogP contribution in [0.4, 0.5) is 0 Å². The van der Waals surface area contributed by atoms with E-state index in [4.69, 9.17) is 0 Å². The predicted octanol–water partition coefficient (Wildman–Crippen LogP) is 0.854. The average molecular weight is 187 g/mol. The molecule has 0 bridgehead atoms. The van der Waals surface area contributed by atoms with Crippen molar-refractivity contribution >= 4 is 11.9 Å². The Bertz CT molecular complexity index is 180. The molecule has 0 aliphatic heterocycles. The molecule has 0 saturated carbocycles. The third-order valence-electron chi connectivity index (χ3n) is 1.80. The highest BCUT2D eigenvalue weighted by molar-refractivity contribution is 5.81. The number of nitrogens with one attached hydrogen (secondary N) is 1. The zero-order chi connectivity index (χ0) is 10.3. The van der Waals surface area contributed by atoms with Gasteiger partial charge >= 0.3 is 5.97 Å². The highest BCUT2D eigenvalue weighted by Crippen LogP contribution is 1.94. The van der Waals surface area contributed by atoms with E-state index in [1.807, 2.05) is 13.8 Å². The van der Waals surface area contributed by atoms with Gasteiger partial charge in [-0.25, -0.2) is 0 Å². The van der Waals surface area contributed by atoms with Crippen molar-refractivity contribution in [1.82, 2.24) is 5.32 Å². The van der Waals surface area contributed by atoms with E-state index in [2.05, 4.69) is 10.1 Å². The van der Waals surface area contributed by atoms with Crippen LogP contribution in [-0.4, -0.2) is 25.0 Å². The summed E-state index contributed by atoms with van der Waals surface area (Å²) in [6.07, 6.45) is 1.25. The quantitative estimate of drug-likeness (QED) is 0.649. The minimum absolute atomic E-state index is 0.0975. The van der Waals surface area contributed by atoms with Crippen LogP contribution < -0.4 is 5.32 Å². The van der Waals surface area contributed by atoms with Crippen LogP contribution in [0, 0.1) is 0 Å². The smallest absolute Gasteiger partial charge is 0.306 e. The van der Waals surface area contributed by atoms with Crippen molar-refractivity contribution in [3.8, 4) is 0 Å². The second-order valence-corrected chi connectivity index (χ2v) is 2.95. The summed E-state index contributed by atoms with van der Waals surface area (Å²) in [5.74, 6) is -0.445. The number of ether oxygens (including phenoxy) is 1. The SMILES string of the molecule is CCC(C)NC(=O)CCC(=O)OC. The highest BCUT2D eigenvalue weighted by Gasteiger charge is 2.08. The fourth-order valence-electron chi connectivity index (χ4n) is 0.767. The van der Waals surface area contributed by atoms with E-state index in [9.17, 15) is 9.59 Å². The highest BCUT2D eigenvalue weighted by atomic mass is 16.5. The number of carbonyl (C=O) groups is 2. The van der Waals surface area contributed by atoms with Crippen LogP contribution in [-0.2, 0) is 14.3 Å². The monoisotopic (exact) mass is 187 g/mol. The predicted molar refractivity (Wildman–Crippen MR) is 49.1 cm³/mol. The lowest BCUT2D eigenvalue weighted by Crippen LogP contribution is -2.32. The summed E-state index contributed by atoms with van der Waals surface area (Å²) in [4.78, 5) is 21.8. The molecule has 0 aliphatic rings. The molecule has 1 amide bonds. The maximum atomic E-state index is 11.1. The van der Waals surface area contributed by atoms with E-state index in [1.54, 1.807) is 0 Å². The van der Waals surface area contributed by atoms with Crippen molar-refractivity contribution in [2.75, 3.05) is 7.11 Å². The molecule has 0 aromatic heterocycles. The van der Waals surface area contributed by atoms with Crippen LogP contribution in [0.2, 0.25) is 0 Å². The largest absolute Gasteiger partial charge is 0.469 e. The second-order valence-electron chi connectivity index (χ2n) is 2.95. The third kappa shape index (κ3) is 6.13. The number of amides is 1. The average Bonchev–Trinajstić information content (AvgIpc) is 2.13. The molecule has 4 heteroatoms. The number of esters is 1. The molecule has 1 atom stereocenters. The Morgan fingerprint density at radius 2 is 2.00 bits per heavy atom. The lowest BCUT2D eigenvalue weighted by Gasteiger charge is -2.10. The molecule has 1 unspecified atom stereocenters. The molecule has 0 aromatic rings. The Morgan fingerprint density at radius 3 is 2.46 bits per heavy atom. The zero-order valence-electron chi connectivity index (χ0n) is 8.42. The van der Waals surface area contributed by atoms with Gasteiger partial charge in [0.2, 0.25) is 5.91 Å².